The van der Waals surface area contributed by atoms with Crippen molar-refractivity contribution in [3.05, 3.63) is 21.6 Å². The van der Waals surface area contributed by atoms with Gasteiger partial charge in [-0.15, -0.1) is 11.3 Å². The van der Waals surface area contributed by atoms with Crippen molar-refractivity contribution in [3.63, 3.8) is 0 Å². The van der Waals surface area contributed by atoms with E-state index >= 15 is 0 Å². The highest BCUT2D eigenvalue weighted by Crippen LogP contribution is 2.33. The fraction of sp³-hybridized carbons (Fsp3) is 0.462. The van der Waals surface area contributed by atoms with Crippen LogP contribution in [0.2, 0.25) is 0 Å². The Morgan fingerprint density at radius 3 is 2.65 bits per heavy atom. The normalized spacial score (nSPS) is 16.2. The lowest BCUT2D eigenvalue weighted by Crippen LogP contribution is -2.30. The Hall–Kier alpha value is -1.78. The van der Waals surface area contributed by atoms with Gasteiger partial charge in [-0.2, -0.15) is 4.31 Å². The van der Waals surface area contributed by atoms with Crippen molar-refractivity contribution in [1.82, 2.24) is 13.9 Å². The van der Waals surface area contributed by atoms with Gasteiger partial charge in [0.2, 0.25) is 10.0 Å². The summed E-state index contributed by atoms with van der Waals surface area (Å²) >= 11 is 1.13. The number of hydrogen-bond acceptors (Lipinski definition) is 6. The molecule has 0 radical (unpaired) electrons. The largest absolute Gasteiger partial charge is 0.480 e. The van der Waals surface area contributed by atoms with Crippen LogP contribution in [0.4, 0.5) is 0 Å². The number of hydrogen-bond donors (Lipinski definition) is 1. The maximum Gasteiger partial charge on any atom is 0.323 e. The number of thiophene rings is 1. The van der Waals surface area contributed by atoms with E-state index in [1.54, 1.807) is 6.92 Å². The standard InChI is InChI=1S/C13H15N3O5S2/c1-8-11(23(20,21)16-4-2-3-5-16)10-12(22-8)14-7-15(13(10)19)6-9(17)18/h7H,2-6H2,1H3,(H,17,18). The van der Waals surface area contributed by atoms with Gasteiger partial charge < -0.3 is 5.11 Å². The Morgan fingerprint density at radius 1 is 1.39 bits per heavy atom. The highest BCUT2D eigenvalue weighted by atomic mass is 32.2. The first-order valence-corrected chi connectivity index (χ1v) is 9.28. The summed E-state index contributed by atoms with van der Waals surface area (Å²) in [6.45, 7) is 1.95. The summed E-state index contributed by atoms with van der Waals surface area (Å²) in [5.41, 5.74) is -0.639. The van der Waals surface area contributed by atoms with Gasteiger partial charge in [-0.05, 0) is 19.8 Å². The van der Waals surface area contributed by atoms with Gasteiger partial charge in [-0.25, -0.2) is 13.4 Å². The van der Waals surface area contributed by atoms with Gasteiger partial charge in [0.05, 0.1) is 11.7 Å². The van der Waals surface area contributed by atoms with Crippen molar-refractivity contribution in [2.75, 3.05) is 13.1 Å². The highest BCUT2D eigenvalue weighted by molar-refractivity contribution is 7.89. The van der Waals surface area contributed by atoms with Crippen LogP contribution in [-0.2, 0) is 21.4 Å². The molecule has 1 aliphatic rings. The van der Waals surface area contributed by atoms with Crippen LogP contribution in [0, 0.1) is 6.92 Å². The minimum absolute atomic E-state index is 0.0110. The van der Waals surface area contributed by atoms with Gasteiger partial charge >= 0.3 is 5.97 Å². The molecule has 10 heteroatoms. The van der Waals surface area contributed by atoms with Crippen molar-refractivity contribution in [3.8, 4) is 0 Å². The first-order valence-electron chi connectivity index (χ1n) is 7.03. The second-order valence-electron chi connectivity index (χ2n) is 5.35. The molecule has 2 aromatic heterocycles. The number of aliphatic carboxylic acids is 1. The summed E-state index contributed by atoms with van der Waals surface area (Å²) in [5.74, 6) is -1.19. The van der Waals surface area contributed by atoms with E-state index in [-0.39, 0.29) is 10.3 Å². The molecule has 8 nitrogen and oxygen atoms in total. The Bertz CT molecular complexity index is 938. The lowest BCUT2D eigenvalue weighted by Gasteiger charge is -2.15. The van der Waals surface area contributed by atoms with Crippen LogP contribution in [0.5, 0.6) is 0 Å². The first-order chi connectivity index (χ1) is 10.8. The molecule has 3 heterocycles. The van der Waals surface area contributed by atoms with Crippen LogP contribution in [0.1, 0.15) is 17.7 Å². The van der Waals surface area contributed by atoms with Gasteiger partial charge in [-0.1, -0.05) is 0 Å². The predicted octanol–water partition coefficient (Wildman–Crippen LogP) is 0.636. The van der Waals surface area contributed by atoms with Crippen molar-refractivity contribution < 1.29 is 18.3 Å². The number of sulfonamides is 1. The van der Waals surface area contributed by atoms with E-state index in [1.165, 1.54) is 4.31 Å². The van der Waals surface area contributed by atoms with E-state index in [0.717, 1.165) is 35.1 Å². The third-order valence-electron chi connectivity index (χ3n) is 3.77. The van der Waals surface area contributed by atoms with Gasteiger partial charge in [0.1, 0.15) is 16.3 Å². The average molecular weight is 357 g/mol. The van der Waals surface area contributed by atoms with E-state index in [0.29, 0.717) is 22.8 Å². The van der Waals surface area contributed by atoms with Crippen LogP contribution < -0.4 is 5.56 Å². The summed E-state index contributed by atoms with van der Waals surface area (Å²) in [4.78, 5) is 28.2. The van der Waals surface area contributed by atoms with E-state index in [2.05, 4.69) is 4.98 Å². The van der Waals surface area contributed by atoms with Crippen molar-refractivity contribution >= 4 is 37.5 Å². The van der Waals surface area contributed by atoms with Crippen LogP contribution in [0.3, 0.4) is 0 Å². The molecule has 1 saturated heterocycles. The van der Waals surface area contributed by atoms with Crippen LogP contribution in [0.25, 0.3) is 10.2 Å². The SMILES string of the molecule is Cc1sc2ncn(CC(=O)O)c(=O)c2c1S(=O)(=O)N1CCCC1. The number of fused-ring (bicyclic) bond motifs is 1. The number of carbonyl (C=O) groups is 1. The number of rotatable bonds is 4. The number of carboxylic acid groups (broad SMARTS) is 1. The Kier molecular flexibility index (Phi) is 3.98. The minimum atomic E-state index is -3.78. The number of nitrogens with zero attached hydrogens (tertiary/aromatic N) is 3. The molecule has 0 aliphatic carbocycles. The summed E-state index contributed by atoms with van der Waals surface area (Å²) in [7, 11) is -3.78. The quantitative estimate of drug-likeness (QED) is 0.860. The molecule has 2 aromatic rings. The van der Waals surface area contributed by atoms with Crippen molar-refractivity contribution in [2.45, 2.75) is 31.2 Å². The summed E-state index contributed by atoms with van der Waals surface area (Å²) in [5, 5.41) is 8.85. The molecule has 0 bridgehead atoms. The second kappa shape index (κ2) is 5.69. The molecular formula is C13H15N3O5S2. The van der Waals surface area contributed by atoms with Crippen molar-refractivity contribution in [2.24, 2.45) is 0 Å². The molecule has 124 valence electrons. The number of carboxylic acids is 1. The van der Waals surface area contributed by atoms with E-state index in [1.807, 2.05) is 0 Å². The molecule has 1 aliphatic heterocycles. The van der Waals surface area contributed by atoms with E-state index < -0.39 is 28.1 Å². The zero-order valence-corrected chi connectivity index (χ0v) is 14.0. The smallest absolute Gasteiger partial charge is 0.323 e. The minimum Gasteiger partial charge on any atom is -0.480 e. The predicted molar refractivity (Wildman–Crippen MR) is 84.2 cm³/mol. The topological polar surface area (TPSA) is 110 Å². The maximum atomic E-state index is 12.9. The number of aromatic nitrogens is 2. The Morgan fingerprint density at radius 2 is 2.04 bits per heavy atom. The summed E-state index contributed by atoms with van der Waals surface area (Å²) in [6, 6.07) is 0. The first kappa shape index (κ1) is 16.1. The molecule has 3 rings (SSSR count). The molecule has 0 saturated carbocycles. The molecule has 1 fully saturated rings. The molecule has 1 N–H and O–H groups in total. The molecule has 0 amide bonds. The molecule has 0 spiro atoms. The van der Waals surface area contributed by atoms with Crippen LogP contribution in [0.15, 0.2) is 16.0 Å². The molecule has 0 aromatic carbocycles. The van der Waals surface area contributed by atoms with Gasteiger partial charge in [0.15, 0.2) is 0 Å². The van der Waals surface area contributed by atoms with Gasteiger partial charge in [-0.3, -0.25) is 14.2 Å². The zero-order valence-electron chi connectivity index (χ0n) is 12.4. The number of aryl methyl sites for hydroxylation is 1. The van der Waals surface area contributed by atoms with Gasteiger partial charge in [0.25, 0.3) is 5.56 Å². The summed E-state index contributed by atoms with van der Waals surface area (Å²) < 4.78 is 28.0. The zero-order chi connectivity index (χ0) is 16.8. The third kappa shape index (κ3) is 2.66. The van der Waals surface area contributed by atoms with Gasteiger partial charge in [0, 0.05) is 18.0 Å². The maximum absolute atomic E-state index is 12.9. The van der Waals surface area contributed by atoms with Crippen LogP contribution in [-0.4, -0.2) is 46.4 Å². The second-order valence-corrected chi connectivity index (χ2v) is 8.43. The van der Waals surface area contributed by atoms with E-state index in [4.69, 9.17) is 5.11 Å². The molecule has 0 atom stereocenters. The lowest BCUT2D eigenvalue weighted by atomic mass is 10.3. The lowest BCUT2D eigenvalue weighted by molar-refractivity contribution is -0.137. The van der Waals surface area contributed by atoms with E-state index in [9.17, 15) is 18.0 Å². The van der Waals surface area contributed by atoms with Crippen LogP contribution >= 0.6 is 11.3 Å². The fourth-order valence-corrected chi connectivity index (χ4v) is 5.92. The van der Waals surface area contributed by atoms with Crippen molar-refractivity contribution in [1.29, 1.82) is 0 Å². The fourth-order valence-electron chi connectivity index (χ4n) is 2.74. The Balaban J connectivity index is 2.26. The summed E-state index contributed by atoms with van der Waals surface area (Å²) in [6.07, 6.45) is 2.73. The Labute approximate surface area is 136 Å². The molecule has 0 unspecified atom stereocenters. The molecular weight excluding hydrogens is 342 g/mol. The molecule has 23 heavy (non-hydrogen) atoms. The average Bonchev–Trinajstić information content (AvgIpc) is 3.09. The monoisotopic (exact) mass is 357 g/mol. The highest BCUT2D eigenvalue weighted by Gasteiger charge is 2.33. The third-order valence-corrected chi connectivity index (χ3v) is 6.98.